The number of benzene rings is 1. The standard InChI is InChI=1S/C16H25NO2/c1-4-5-17-15(11-16-18-6-7-19-16)14-9-12(2)8-13(3)10-14/h8-10,15-17H,4-7,11H2,1-3H3. The molecule has 0 aromatic heterocycles. The zero-order chi connectivity index (χ0) is 13.7. The SMILES string of the molecule is CCCNC(CC1OCCO1)c1cc(C)cc(C)c1. The van der Waals surface area contributed by atoms with Crippen LogP contribution in [0.4, 0.5) is 0 Å². The van der Waals surface area contributed by atoms with Crippen molar-refractivity contribution in [2.75, 3.05) is 19.8 Å². The fraction of sp³-hybridized carbons (Fsp3) is 0.625. The normalized spacial score (nSPS) is 17.8. The fourth-order valence-electron chi connectivity index (χ4n) is 2.60. The van der Waals surface area contributed by atoms with E-state index in [0.29, 0.717) is 6.04 Å². The molecule has 0 amide bonds. The van der Waals surface area contributed by atoms with Crippen molar-refractivity contribution in [3.63, 3.8) is 0 Å². The monoisotopic (exact) mass is 263 g/mol. The molecule has 1 saturated heterocycles. The predicted octanol–water partition coefficient (Wildman–Crippen LogP) is 3.11. The molecule has 1 aromatic carbocycles. The Kier molecular flexibility index (Phi) is 5.37. The lowest BCUT2D eigenvalue weighted by Gasteiger charge is -2.22. The molecular formula is C16H25NO2. The average molecular weight is 263 g/mol. The van der Waals surface area contributed by atoms with Gasteiger partial charge in [-0.1, -0.05) is 36.2 Å². The van der Waals surface area contributed by atoms with Gasteiger partial charge >= 0.3 is 0 Å². The van der Waals surface area contributed by atoms with Crippen LogP contribution in [0.15, 0.2) is 18.2 Å². The summed E-state index contributed by atoms with van der Waals surface area (Å²) < 4.78 is 11.2. The third-order valence-corrected chi connectivity index (χ3v) is 3.41. The second-order valence-electron chi connectivity index (χ2n) is 5.33. The van der Waals surface area contributed by atoms with Crippen LogP contribution in [0.5, 0.6) is 0 Å². The average Bonchev–Trinajstić information content (AvgIpc) is 2.86. The minimum Gasteiger partial charge on any atom is -0.350 e. The Morgan fingerprint density at radius 2 is 1.79 bits per heavy atom. The van der Waals surface area contributed by atoms with Crippen LogP contribution >= 0.6 is 0 Å². The minimum atomic E-state index is -0.0600. The molecule has 19 heavy (non-hydrogen) atoms. The number of rotatable bonds is 6. The molecule has 1 unspecified atom stereocenters. The van der Waals surface area contributed by atoms with Gasteiger partial charge in [-0.25, -0.2) is 0 Å². The lowest BCUT2D eigenvalue weighted by atomic mass is 9.98. The van der Waals surface area contributed by atoms with Gasteiger partial charge in [0.2, 0.25) is 0 Å². The van der Waals surface area contributed by atoms with Crippen LogP contribution < -0.4 is 5.32 Å². The maximum absolute atomic E-state index is 5.58. The Morgan fingerprint density at radius 1 is 1.16 bits per heavy atom. The van der Waals surface area contributed by atoms with Crippen molar-refractivity contribution in [1.82, 2.24) is 5.32 Å². The Bertz CT molecular complexity index is 379. The van der Waals surface area contributed by atoms with Gasteiger partial charge < -0.3 is 14.8 Å². The first kappa shape index (κ1) is 14.5. The van der Waals surface area contributed by atoms with Crippen molar-refractivity contribution in [3.8, 4) is 0 Å². The van der Waals surface area contributed by atoms with Crippen LogP contribution in [0.25, 0.3) is 0 Å². The highest BCUT2D eigenvalue weighted by Crippen LogP contribution is 2.24. The summed E-state index contributed by atoms with van der Waals surface area (Å²) in [4.78, 5) is 0. The Hall–Kier alpha value is -0.900. The maximum atomic E-state index is 5.58. The number of nitrogens with one attached hydrogen (secondary N) is 1. The first-order chi connectivity index (χ1) is 9.19. The van der Waals surface area contributed by atoms with Gasteiger partial charge in [-0.2, -0.15) is 0 Å². The second-order valence-corrected chi connectivity index (χ2v) is 5.33. The zero-order valence-electron chi connectivity index (χ0n) is 12.2. The molecule has 0 aliphatic carbocycles. The summed E-state index contributed by atoms with van der Waals surface area (Å²) in [7, 11) is 0. The van der Waals surface area contributed by atoms with E-state index in [4.69, 9.17) is 9.47 Å². The van der Waals surface area contributed by atoms with E-state index in [2.05, 4.69) is 44.3 Å². The van der Waals surface area contributed by atoms with E-state index in [1.54, 1.807) is 0 Å². The summed E-state index contributed by atoms with van der Waals surface area (Å²) in [5.41, 5.74) is 3.96. The van der Waals surface area contributed by atoms with Crippen molar-refractivity contribution < 1.29 is 9.47 Å². The highest BCUT2D eigenvalue weighted by Gasteiger charge is 2.22. The van der Waals surface area contributed by atoms with Crippen LogP contribution in [0.3, 0.4) is 0 Å². The van der Waals surface area contributed by atoms with Crippen LogP contribution in [-0.4, -0.2) is 26.0 Å². The quantitative estimate of drug-likeness (QED) is 0.855. The summed E-state index contributed by atoms with van der Waals surface area (Å²) >= 11 is 0. The van der Waals surface area contributed by atoms with Crippen molar-refractivity contribution in [2.24, 2.45) is 0 Å². The summed E-state index contributed by atoms with van der Waals surface area (Å²) in [6.45, 7) is 8.94. The predicted molar refractivity (Wildman–Crippen MR) is 77.3 cm³/mol. The molecule has 1 N–H and O–H groups in total. The molecule has 1 aliphatic rings. The maximum Gasteiger partial charge on any atom is 0.159 e. The summed E-state index contributed by atoms with van der Waals surface area (Å²) in [6.07, 6.45) is 1.95. The second kappa shape index (κ2) is 7.04. The van der Waals surface area contributed by atoms with E-state index in [1.807, 2.05) is 0 Å². The third-order valence-electron chi connectivity index (χ3n) is 3.41. The topological polar surface area (TPSA) is 30.5 Å². The summed E-state index contributed by atoms with van der Waals surface area (Å²) in [5, 5.41) is 3.61. The summed E-state index contributed by atoms with van der Waals surface area (Å²) in [6, 6.07) is 7.04. The van der Waals surface area contributed by atoms with Crippen molar-refractivity contribution in [2.45, 2.75) is 45.9 Å². The molecule has 1 fully saturated rings. The van der Waals surface area contributed by atoms with Gasteiger partial charge in [0.15, 0.2) is 6.29 Å². The molecule has 106 valence electrons. The van der Waals surface area contributed by atoms with E-state index in [-0.39, 0.29) is 6.29 Å². The van der Waals surface area contributed by atoms with Crippen molar-refractivity contribution >= 4 is 0 Å². The van der Waals surface area contributed by atoms with E-state index < -0.39 is 0 Å². The van der Waals surface area contributed by atoms with Crippen LogP contribution in [0.2, 0.25) is 0 Å². The van der Waals surface area contributed by atoms with Gasteiger partial charge in [-0.05, 0) is 32.4 Å². The number of ether oxygens (including phenoxy) is 2. The largest absolute Gasteiger partial charge is 0.350 e. The van der Waals surface area contributed by atoms with Gasteiger partial charge in [0.1, 0.15) is 0 Å². The molecule has 1 heterocycles. The zero-order valence-corrected chi connectivity index (χ0v) is 12.2. The molecular weight excluding hydrogens is 238 g/mol. The molecule has 0 bridgehead atoms. The van der Waals surface area contributed by atoms with Gasteiger partial charge in [-0.3, -0.25) is 0 Å². The molecule has 0 radical (unpaired) electrons. The van der Waals surface area contributed by atoms with Gasteiger partial charge in [-0.15, -0.1) is 0 Å². The van der Waals surface area contributed by atoms with Gasteiger partial charge in [0, 0.05) is 12.5 Å². The van der Waals surface area contributed by atoms with Crippen LogP contribution in [0, 0.1) is 13.8 Å². The van der Waals surface area contributed by atoms with Crippen molar-refractivity contribution in [3.05, 3.63) is 34.9 Å². The lowest BCUT2D eigenvalue weighted by Crippen LogP contribution is -2.27. The van der Waals surface area contributed by atoms with Crippen LogP contribution in [0.1, 0.15) is 42.5 Å². The first-order valence-corrected chi connectivity index (χ1v) is 7.24. The Balaban J connectivity index is 2.10. The summed E-state index contributed by atoms with van der Waals surface area (Å²) in [5.74, 6) is 0. The highest BCUT2D eigenvalue weighted by molar-refractivity contribution is 5.30. The molecule has 1 aliphatic heterocycles. The Labute approximate surface area is 116 Å². The molecule has 0 saturated carbocycles. The molecule has 2 rings (SSSR count). The molecule has 1 atom stereocenters. The Morgan fingerprint density at radius 3 is 2.37 bits per heavy atom. The molecule has 1 aromatic rings. The van der Waals surface area contributed by atoms with Gasteiger partial charge in [0.25, 0.3) is 0 Å². The first-order valence-electron chi connectivity index (χ1n) is 7.24. The number of hydrogen-bond donors (Lipinski definition) is 1. The smallest absolute Gasteiger partial charge is 0.159 e. The van der Waals surface area contributed by atoms with E-state index in [1.165, 1.54) is 16.7 Å². The highest BCUT2D eigenvalue weighted by atomic mass is 16.7. The molecule has 3 heteroatoms. The number of hydrogen-bond acceptors (Lipinski definition) is 3. The van der Waals surface area contributed by atoms with E-state index >= 15 is 0 Å². The van der Waals surface area contributed by atoms with Crippen LogP contribution in [-0.2, 0) is 9.47 Å². The fourth-order valence-corrected chi connectivity index (χ4v) is 2.60. The molecule has 0 spiro atoms. The third kappa shape index (κ3) is 4.30. The number of aryl methyl sites for hydroxylation is 2. The van der Waals surface area contributed by atoms with E-state index in [9.17, 15) is 0 Å². The minimum absolute atomic E-state index is 0.0600. The lowest BCUT2D eigenvalue weighted by molar-refractivity contribution is -0.0530. The molecule has 3 nitrogen and oxygen atoms in total. The van der Waals surface area contributed by atoms with Crippen molar-refractivity contribution in [1.29, 1.82) is 0 Å². The van der Waals surface area contributed by atoms with E-state index in [0.717, 1.165) is 32.6 Å². The van der Waals surface area contributed by atoms with Gasteiger partial charge in [0.05, 0.1) is 13.2 Å².